The van der Waals surface area contributed by atoms with Crippen molar-refractivity contribution in [3.8, 4) is 0 Å². The van der Waals surface area contributed by atoms with E-state index in [-0.39, 0.29) is 18.7 Å². The van der Waals surface area contributed by atoms with Crippen molar-refractivity contribution in [2.45, 2.75) is 78.6 Å². The number of ether oxygens (including phenoxy) is 4. The summed E-state index contributed by atoms with van der Waals surface area (Å²) in [5.41, 5.74) is -1.42. The van der Waals surface area contributed by atoms with E-state index in [0.29, 0.717) is 12.0 Å². The molecule has 1 aromatic rings. The Hall–Kier alpha value is -1.97. The maximum atomic E-state index is 12.6. The number of hydrogen-bond donors (Lipinski definition) is 1. The van der Waals surface area contributed by atoms with Crippen LogP contribution >= 0.6 is 0 Å². The third-order valence-corrected chi connectivity index (χ3v) is 4.89. The molecule has 1 unspecified atom stereocenters. The zero-order valence-electron chi connectivity index (χ0n) is 18.2. The van der Waals surface area contributed by atoms with Crippen molar-refractivity contribution < 1.29 is 23.7 Å². The fourth-order valence-electron chi connectivity index (χ4n) is 2.97. The van der Waals surface area contributed by atoms with Gasteiger partial charge in [-0.2, -0.15) is 0 Å². The van der Waals surface area contributed by atoms with E-state index in [4.69, 9.17) is 18.9 Å². The zero-order chi connectivity index (χ0) is 21.9. The highest BCUT2D eigenvalue weighted by molar-refractivity contribution is 5.75. The molecule has 2 heterocycles. The Morgan fingerprint density at radius 1 is 1.31 bits per heavy atom. The van der Waals surface area contributed by atoms with Gasteiger partial charge in [0.25, 0.3) is 5.56 Å². The van der Waals surface area contributed by atoms with Gasteiger partial charge >= 0.3 is 11.7 Å². The van der Waals surface area contributed by atoms with E-state index in [9.17, 15) is 14.4 Å². The molecule has 0 aromatic carbocycles. The molecule has 0 aliphatic carbocycles. The molecule has 5 atom stereocenters. The molecule has 29 heavy (non-hydrogen) atoms. The molecule has 164 valence electrons. The number of rotatable bonds is 7. The summed E-state index contributed by atoms with van der Waals surface area (Å²) in [5, 5.41) is 0. The van der Waals surface area contributed by atoms with Crippen LogP contribution in [0.25, 0.3) is 0 Å². The van der Waals surface area contributed by atoms with Gasteiger partial charge in [-0.25, -0.2) is 4.79 Å². The molecule has 1 aliphatic rings. The average molecular weight is 412 g/mol. The number of carbonyl (C=O) groups excluding carboxylic acids is 1. The van der Waals surface area contributed by atoms with E-state index in [1.54, 1.807) is 34.8 Å². The molecule has 1 saturated heterocycles. The summed E-state index contributed by atoms with van der Waals surface area (Å²) in [6, 6.07) is 0. The van der Waals surface area contributed by atoms with Crippen molar-refractivity contribution >= 4 is 5.97 Å². The minimum Gasteiger partial charge on any atom is -0.456 e. The summed E-state index contributed by atoms with van der Waals surface area (Å²) in [6.45, 7) is 10.9. The fraction of sp³-hybridized carbons (Fsp3) is 0.750. The van der Waals surface area contributed by atoms with E-state index in [1.165, 1.54) is 10.8 Å². The van der Waals surface area contributed by atoms with E-state index >= 15 is 0 Å². The number of methoxy groups -OCH3 is 1. The number of carbonyl (C=O) groups is 1. The van der Waals surface area contributed by atoms with Gasteiger partial charge in [0, 0.05) is 18.9 Å². The van der Waals surface area contributed by atoms with Crippen molar-refractivity contribution in [2.24, 2.45) is 5.41 Å². The second kappa shape index (κ2) is 9.23. The predicted octanol–water partition coefficient (Wildman–Crippen LogP) is 1.53. The van der Waals surface area contributed by atoms with Gasteiger partial charge < -0.3 is 18.9 Å². The lowest BCUT2D eigenvalue weighted by Crippen LogP contribution is -2.43. The minimum absolute atomic E-state index is 0.204. The first-order valence-electron chi connectivity index (χ1n) is 9.82. The SMILES string of the molecule is CC[C@H]1O[C@@H](n2cc(C)c(=O)[nH]c2=O)C(OC[C@H](C)OC)[C@H]1OC(=O)C(C)(C)C. The van der Waals surface area contributed by atoms with Crippen LogP contribution in [0.15, 0.2) is 15.8 Å². The fourth-order valence-corrected chi connectivity index (χ4v) is 2.97. The van der Waals surface area contributed by atoms with Crippen molar-refractivity contribution in [2.75, 3.05) is 13.7 Å². The van der Waals surface area contributed by atoms with E-state index in [0.717, 1.165) is 0 Å². The van der Waals surface area contributed by atoms with Crippen molar-refractivity contribution in [3.05, 3.63) is 32.6 Å². The summed E-state index contributed by atoms with van der Waals surface area (Å²) in [7, 11) is 1.57. The number of aromatic nitrogens is 2. The van der Waals surface area contributed by atoms with Gasteiger partial charge in [-0.15, -0.1) is 0 Å². The van der Waals surface area contributed by atoms with Crippen molar-refractivity contribution in [1.82, 2.24) is 9.55 Å². The molecule has 1 N–H and O–H groups in total. The van der Waals surface area contributed by atoms with Gasteiger partial charge in [-0.05, 0) is 41.0 Å². The standard InChI is InChI=1S/C20H32N2O7/c1-8-13-14(29-18(24)20(4,5)6)15(27-10-12(3)26-7)17(28-13)22-9-11(2)16(23)21-19(22)25/h9,12-15,17H,8,10H2,1-7H3,(H,21,23,25)/t12-,13+,14-,15?,17+/m0/s1. The predicted molar refractivity (Wildman–Crippen MR) is 106 cm³/mol. The largest absolute Gasteiger partial charge is 0.456 e. The molecule has 0 spiro atoms. The Morgan fingerprint density at radius 3 is 2.52 bits per heavy atom. The number of H-pyrrole nitrogens is 1. The summed E-state index contributed by atoms with van der Waals surface area (Å²) >= 11 is 0. The lowest BCUT2D eigenvalue weighted by Gasteiger charge is -2.28. The Morgan fingerprint density at radius 2 is 1.97 bits per heavy atom. The van der Waals surface area contributed by atoms with Crippen LogP contribution in [0.5, 0.6) is 0 Å². The second-order valence-electron chi connectivity index (χ2n) is 8.42. The molecule has 0 saturated carbocycles. The molecule has 0 amide bonds. The molecular formula is C20H32N2O7. The molecular weight excluding hydrogens is 380 g/mol. The molecule has 1 fully saturated rings. The van der Waals surface area contributed by atoms with Crippen LogP contribution in [-0.4, -0.2) is 53.7 Å². The third-order valence-electron chi connectivity index (χ3n) is 4.89. The summed E-state index contributed by atoms with van der Waals surface area (Å²) < 4.78 is 24.4. The number of aryl methyl sites for hydroxylation is 1. The number of nitrogens with one attached hydrogen (secondary N) is 1. The minimum atomic E-state index is -0.857. The van der Waals surface area contributed by atoms with Gasteiger partial charge in [0.15, 0.2) is 12.3 Å². The van der Waals surface area contributed by atoms with E-state index < -0.39 is 41.2 Å². The van der Waals surface area contributed by atoms with Gasteiger partial charge in [0.2, 0.25) is 0 Å². The lowest BCUT2D eigenvalue weighted by atomic mass is 9.97. The third kappa shape index (κ3) is 5.34. The van der Waals surface area contributed by atoms with Crippen LogP contribution in [0.3, 0.4) is 0 Å². The molecule has 9 nitrogen and oxygen atoms in total. The van der Waals surface area contributed by atoms with Crippen LogP contribution in [0.1, 0.15) is 52.8 Å². The Kier molecular flexibility index (Phi) is 7.42. The monoisotopic (exact) mass is 412 g/mol. The van der Waals surface area contributed by atoms with Gasteiger partial charge in [-0.1, -0.05) is 6.92 Å². The number of hydrogen-bond acceptors (Lipinski definition) is 7. The normalized spacial score (nSPS) is 25.8. The first-order chi connectivity index (χ1) is 13.5. The van der Waals surface area contributed by atoms with Crippen LogP contribution in [-0.2, 0) is 23.7 Å². The first kappa shape index (κ1) is 23.3. The summed E-state index contributed by atoms with van der Waals surface area (Å²) in [5.74, 6) is -0.386. The molecule has 1 aromatic heterocycles. The van der Waals surface area contributed by atoms with E-state index in [2.05, 4.69) is 4.98 Å². The highest BCUT2D eigenvalue weighted by Gasteiger charge is 2.49. The van der Waals surface area contributed by atoms with Crippen molar-refractivity contribution in [1.29, 1.82) is 0 Å². The summed E-state index contributed by atoms with van der Waals surface area (Å²) in [6.07, 6.45) is -0.993. The number of esters is 1. The average Bonchev–Trinajstić information content (AvgIpc) is 2.99. The van der Waals surface area contributed by atoms with Crippen LogP contribution < -0.4 is 11.2 Å². The quantitative estimate of drug-likeness (QED) is 0.677. The van der Waals surface area contributed by atoms with Crippen molar-refractivity contribution in [3.63, 3.8) is 0 Å². The topological polar surface area (TPSA) is 109 Å². The van der Waals surface area contributed by atoms with Crippen LogP contribution in [0.4, 0.5) is 0 Å². The van der Waals surface area contributed by atoms with Gasteiger partial charge in [0.1, 0.15) is 6.10 Å². The molecule has 1 aliphatic heterocycles. The smallest absolute Gasteiger partial charge is 0.330 e. The molecule has 0 bridgehead atoms. The Bertz CT molecular complexity index is 823. The lowest BCUT2D eigenvalue weighted by molar-refractivity contribution is -0.168. The molecule has 9 heteroatoms. The second-order valence-corrected chi connectivity index (χ2v) is 8.42. The highest BCUT2D eigenvalue weighted by Crippen LogP contribution is 2.35. The highest BCUT2D eigenvalue weighted by atomic mass is 16.6. The van der Waals surface area contributed by atoms with Gasteiger partial charge in [-0.3, -0.25) is 19.1 Å². The van der Waals surface area contributed by atoms with Crippen LogP contribution in [0, 0.1) is 12.3 Å². The number of nitrogens with zero attached hydrogens (tertiary/aromatic N) is 1. The Balaban J connectivity index is 2.43. The first-order valence-corrected chi connectivity index (χ1v) is 9.82. The molecule has 2 rings (SSSR count). The van der Waals surface area contributed by atoms with E-state index in [1.807, 2.05) is 13.8 Å². The Labute approximate surface area is 170 Å². The van der Waals surface area contributed by atoms with Crippen LogP contribution in [0.2, 0.25) is 0 Å². The summed E-state index contributed by atoms with van der Waals surface area (Å²) in [4.78, 5) is 39.0. The number of aromatic amines is 1. The maximum absolute atomic E-state index is 12.6. The van der Waals surface area contributed by atoms with Gasteiger partial charge in [0.05, 0.1) is 24.2 Å². The zero-order valence-corrected chi connectivity index (χ0v) is 18.2. The maximum Gasteiger partial charge on any atom is 0.330 e. The molecule has 0 radical (unpaired) electrons.